The maximum atomic E-state index is 11.0. The Morgan fingerprint density at radius 3 is 2.47 bits per heavy atom. The molecule has 2 aromatic rings. The minimum atomic E-state index is -1.07. The molecule has 2 aromatic carbocycles. The van der Waals surface area contributed by atoms with E-state index in [9.17, 15) is 4.79 Å². The summed E-state index contributed by atoms with van der Waals surface area (Å²) in [5.41, 5.74) is 6.87. The molecule has 0 amide bonds. The van der Waals surface area contributed by atoms with Gasteiger partial charge in [-0.3, -0.25) is 0 Å². The van der Waals surface area contributed by atoms with Gasteiger partial charge >= 0.3 is 5.97 Å². The molecule has 0 aliphatic heterocycles. The van der Waals surface area contributed by atoms with E-state index < -0.39 is 5.97 Å². The number of anilines is 1. The predicted molar refractivity (Wildman–Crippen MR) is 76.8 cm³/mol. The van der Waals surface area contributed by atoms with Crippen LogP contribution in [0, 0.1) is 6.92 Å². The summed E-state index contributed by atoms with van der Waals surface area (Å²) in [6.07, 6.45) is 0. The monoisotopic (exact) mass is 321 g/mol. The van der Waals surface area contributed by atoms with Crippen molar-refractivity contribution >= 4 is 27.6 Å². The van der Waals surface area contributed by atoms with E-state index in [1.165, 1.54) is 12.1 Å². The SMILES string of the molecule is Cc1cc(Oc2ccc(N)c(C(=O)O)c2)ccc1Br. The molecule has 0 aromatic heterocycles. The topological polar surface area (TPSA) is 72.5 Å². The van der Waals surface area contributed by atoms with Crippen LogP contribution in [0.2, 0.25) is 0 Å². The molecule has 0 unspecified atom stereocenters. The second kappa shape index (κ2) is 5.32. The van der Waals surface area contributed by atoms with E-state index in [1.54, 1.807) is 12.1 Å². The van der Waals surface area contributed by atoms with E-state index in [2.05, 4.69) is 15.9 Å². The molecule has 3 N–H and O–H groups in total. The number of hydrogen-bond acceptors (Lipinski definition) is 3. The summed E-state index contributed by atoms with van der Waals surface area (Å²) in [5.74, 6) is 0.00469. The van der Waals surface area contributed by atoms with Crippen LogP contribution in [0.25, 0.3) is 0 Å². The number of carboxylic acid groups (broad SMARTS) is 1. The van der Waals surface area contributed by atoms with Gasteiger partial charge in [-0.05, 0) is 48.9 Å². The molecule has 0 aliphatic carbocycles. The smallest absolute Gasteiger partial charge is 0.337 e. The lowest BCUT2D eigenvalue weighted by Gasteiger charge is -2.09. The molecule has 98 valence electrons. The van der Waals surface area contributed by atoms with Gasteiger partial charge in [0.2, 0.25) is 0 Å². The molecular formula is C14H12BrNO3. The van der Waals surface area contributed by atoms with Gasteiger partial charge in [0, 0.05) is 10.2 Å². The number of rotatable bonds is 3. The summed E-state index contributed by atoms with van der Waals surface area (Å²) in [4.78, 5) is 11.0. The van der Waals surface area contributed by atoms with Crippen LogP contribution in [0.4, 0.5) is 5.69 Å². The highest BCUT2D eigenvalue weighted by Gasteiger charge is 2.10. The number of hydrogen-bond donors (Lipinski definition) is 2. The summed E-state index contributed by atoms with van der Waals surface area (Å²) >= 11 is 3.41. The zero-order chi connectivity index (χ0) is 14.0. The number of carboxylic acids is 1. The van der Waals surface area contributed by atoms with E-state index in [4.69, 9.17) is 15.6 Å². The Balaban J connectivity index is 2.30. The van der Waals surface area contributed by atoms with E-state index in [1.807, 2.05) is 19.1 Å². The summed E-state index contributed by atoms with van der Waals surface area (Å²) in [6, 6.07) is 10.1. The first-order valence-corrected chi connectivity index (χ1v) is 6.33. The van der Waals surface area contributed by atoms with Crippen LogP contribution in [0.15, 0.2) is 40.9 Å². The normalized spacial score (nSPS) is 10.2. The van der Waals surface area contributed by atoms with Crippen LogP contribution in [0.5, 0.6) is 11.5 Å². The van der Waals surface area contributed by atoms with Crippen molar-refractivity contribution in [3.8, 4) is 11.5 Å². The zero-order valence-electron chi connectivity index (χ0n) is 10.2. The van der Waals surface area contributed by atoms with Crippen LogP contribution in [0.3, 0.4) is 0 Å². The standard InChI is InChI=1S/C14H12BrNO3/c1-8-6-9(2-4-12(8)15)19-10-3-5-13(16)11(7-10)14(17)18/h2-7H,16H2,1H3,(H,17,18). The van der Waals surface area contributed by atoms with Gasteiger partial charge in [0.15, 0.2) is 0 Å². The molecule has 5 heteroatoms. The molecule has 0 bridgehead atoms. The van der Waals surface area contributed by atoms with Crippen molar-refractivity contribution in [3.05, 3.63) is 52.0 Å². The number of carbonyl (C=O) groups is 1. The average Bonchev–Trinajstić information content (AvgIpc) is 2.36. The lowest BCUT2D eigenvalue weighted by atomic mass is 10.1. The van der Waals surface area contributed by atoms with Crippen LogP contribution in [-0.4, -0.2) is 11.1 Å². The highest BCUT2D eigenvalue weighted by molar-refractivity contribution is 9.10. The molecule has 0 heterocycles. The van der Waals surface area contributed by atoms with Crippen molar-refractivity contribution in [3.63, 3.8) is 0 Å². The Morgan fingerprint density at radius 1 is 1.21 bits per heavy atom. The Hall–Kier alpha value is -2.01. The number of benzene rings is 2. The van der Waals surface area contributed by atoms with Gasteiger partial charge < -0.3 is 15.6 Å². The first-order valence-electron chi connectivity index (χ1n) is 5.54. The van der Waals surface area contributed by atoms with Crippen molar-refractivity contribution in [2.75, 3.05) is 5.73 Å². The molecule has 0 spiro atoms. The summed E-state index contributed by atoms with van der Waals surface area (Å²) in [6.45, 7) is 1.95. The zero-order valence-corrected chi connectivity index (χ0v) is 11.8. The molecule has 0 fully saturated rings. The van der Waals surface area contributed by atoms with Gasteiger partial charge in [-0.2, -0.15) is 0 Å². The van der Waals surface area contributed by atoms with Gasteiger partial charge in [-0.1, -0.05) is 15.9 Å². The first-order chi connectivity index (χ1) is 8.97. The number of halogens is 1. The van der Waals surface area contributed by atoms with E-state index >= 15 is 0 Å². The summed E-state index contributed by atoms with van der Waals surface area (Å²) in [7, 11) is 0. The van der Waals surface area contributed by atoms with Gasteiger partial charge in [0.1, 0.15) is 11.5 Å². The minimum Gasteiger partial charge on any atom is -0.478 e. The fourth-order valence-corrected chi connectivity index (χ4v) is 1.85. The Morgan fingerprint density at radius 2 is 1.84 bits per heavy atom. The van der Waals surface area contributed by atoms with Gasteiger partial charge in [-0.15, -0.1) is 0 Å². The van der Waals surface area contributed by atoms with Crippen LogP contribution in [-0.2, 0) is 0 Å². The number of nitrogen functional groups attached to an aromatic ring is 1. The van der Waals surface area contributed by atoms with Crippen molar-refractivity contribution < 1.29 is 14.6 Å². The number of aromatic carboxylic acids is 1. The molecule has 0 radical (unpaired) electrons. The third-order valence-corrected chi connectivity index (χ3v) is 3.51. The largest absolute Gasteiger partial charge is 0.478 e. The number of nitrogens with two attached hydrogens (primary N) is 1. The Bertz CT molecular complexity index is 641. The minimum absolute atomic E-state index is 0.0336. The molecule has 0 atom stereocenters. The van der Waals surface area contributed by atoms with E-state index in [-0.39, 0.29) is 11.3 Å². The van der Waals surface area contributed by atoms with Crippen LogP contribution < -0.4 is 10.5 Å². The molecule has 0 aliphatic rings. The van der Waals surface area contributed by atoms with Gasteiger partial charge in [0.25, 0.3) is 0 Å². The van der Waals surface area contributed by atoms with Gasteiger partial charge in [0.05, 0.1) is 5.56 Å². The van der Waals surface area contributed by atoms with Crippen LogP contribution >= 0.6 is 15.9 Å². The Kier molecular flexibility index (Phi) is 3.76. The fraction of sp³-hybridized carbons (Fsp3) is 0.0714. The third-order valence-electron chi connectivity index (χ3n) is 2.62. The maximum Gasteiger partial charge on any atom is 0.337 e. The second-order valence-corrected chi connectivity index (χ2v) is 4.92. The lowest BCUT2D eigenvalue weighted by molar-refractivity contribution is 0.0697. The lowest BCUT2D eigenvalue weighted by Crippen LogP contribution is -2.02. The first kappa shape index (κ1) is 13.4. The van der Waals surface area contributed by atoms with E-state index in [0.29, 0.717) is 11.5 Å². The maximum absolute atomic E-state index is 11.0. The predicted octanol–water partition coefficient (Wildman–Crippen LogP) is 3.83. The van der Waals surface area contributed by atoms with Crippen molar-refractivity contribution in [2.45, 2.75) is 6.92 Å². The third kappa shape index (κ3) is 3.06. The number of ether oxygens (including phenoxy) is 1. The fourth-order valence-electron chi connectivity index (χ4n) is 1.60. The van der Waals surface area contributed by atoms with Crippen molar-refractivity contribution in [2.24, 2.45) is 0 Å². The Labute approximate surface area is 118 Å². The van der Waals surface area contributed by atoms with Crippen molar-refractivity contribution in [1.82, 2.24) is 0 Å². The molecular weight excluding hydrogens is 310 g/mol. The summed E-state index contributed by atoms with van der Waals surface area (Å²) < 4.78 is 6.61. The van der Waals surface area contributed by atoms with Crippen LogP contribution in [0.1, 0.15) is 15.9 Å². The highest BCUT2D eigenvalue weighted by Crippen LogP contribution is 2.28. The molecule has 0 saturated carbocycles. The average molecular weight is 322 g/mol. The van der Waals surface area contributed by atoms with Crippen molar-refractivity contribution in [1.29, 1.82) is 0 Å². The second-order valence-electron chi connectivity index (χ2n) is 4.07. The molecule has 4 nitrogen and oxygen atoms in total. The van der Waals surface area contributed by atoms with Gasteiger partial charge in [-0.25, -0.2) is 4.79 Å². The highest BCUT2D eigenvalue weighted by atomic mass is 79.9. The molecule has 2 rings (SSSR count). The quantitative estimate of drug-likeness (QED) is 0.843. The number of aryl methyl sites for hydroxylation is 1. The molecule has 0 saturated heterocycles. The molecule has 19 heavy (non-hydrogen) atoms. The van der Waals surface area contributed by atoms with E-state index in [0.717, 1.165) is 10.0 Å². The summed E-state index contributed by atoms with van der Waals surface area (Å²) in [5, 5.41) is 8.99.